The first-order chi connectivity index (χ1) is 13.0. The second kappa shape index (κ2) is 9.03. The molecule has 28 heavy (non-hydrogen) atoms. The molecule has 0 bridgehead atoms. The summed E-state index contributed by atoms with van der Waals surface area (Å²) in [7, 11) is -0.757. The molecule has 2 aromatic rings. The summed E-state index contributed by atoms with van der Waals surface area (Å²) in [5, 5.41) is 0.931. The average molecular weight is 445 g/mol. The summed E-state index contributed by atoms with van der Waals surface area (Å²) in [5.74, 6) is -0.0720. The van der Waals surface area contributed by atoms with Crippen molar-refractivity contribution in [1.82, 2.24) is 4.90 Å². The molecule has 1 amide bonds. The van der Waals surface area contributed by atoms with Crippen molar-refractivity contribution in [3.63, 3.8) is 0 Å². The molecule has 0 radical (unpaired) electrons. The summed E-state index contributed by atoms with van der Waals surface area (Å²) < 4.78 is 31.3. The highest BCUT2D eigenvalue weighted by atomic mass is 35.5. The molecule has 6 nitrogen and oxygen atoms in total. The fourth-order valence-corrected chi connectivity index (χ4v) is 4.33. The van der Waals surface area contributed by atoms with Crippen LogP contribution in [0, 0.1) is 0 Å². The van der Waals surface area contributed by atoms with Crippen molar-refractivity contribution in [2.45, 2.75) is 19.5 Å². The van der Waals surface area contributed by atoms with Gasteiger partial charge in [-0.1, -0.05) is 35.3 Å². The molecule has 0 aliphatic rings. The Bertz CT molecular complexity index is 949. The molecular formula is C19H22Cl2N2O4S. The van der Waals surface area contributed by atoms with Crippen molar-refractivity contribution in [2.75, 3.05) is 24.7 Å². The maximum atomic E-state index is 13.0. The Morgan fingerprint density at radius 1 is 1.11 bits per heavy atom. The topological polar surface area (TPSA) is 66.9 Å². The largest absolute Gasteiger partial charge is 0.495 e. The fourth-order valence-electron chi connectivity index (χ4n) is 2.87. The van der Waals surface area contributed by atoms with Gasteiger partial charge in [-0.3, -0.25) is 9.10 Å². The number of hydrogen-bond donors (Lipinski definition) is 0. The van der Waals surface area contributed by atoms with Crippen LogP contribution in [0.2, 0.25) is 10.0 Å². The van der Waals surface area contributed by atoms with Crippen LogP contribution in [-0.2, 0) is 21.4 Å². The van der Waals surface area contributed by atoms with Gasteiger partial charge in [-0.2, -0.15) is 0 Å². The standard InChI is InChI=1S/C19H22Cl2N2O4S/c1-13(19(24)22(2)12-14-5-7-15(20)8-6-14)23(28(4,25)26)17-11-16(21)9-10-18(17)27-3/h5-11,13H,12H2,1-4H3. The van der Waals surface area contributed by atoms with E-state index < -0.39 is 16.1 Å². The van der Waals surface area contributed by atoms with Crippen LogP contribution in [0.5, 0.6) is 5.75 Å². The van der Waals surface area contributed by atoms with Crippen LogP contribution in [0.3, 0.4) is 0 Å². The molecule has 2 rings (SSSR count). The van der Waals surface area contributed by atoms with Crippen LogP contribution in [0.1, 0.15) is 12.5 Å². The van der Waals surface area contributed by atoms with Crippen LogP contribution in [0.25, 0.3) is 0 Å². The quantitative estimate of drug-likeness (QED) is 0.650. The van der Waals surface area contributed by atoms with Crippen molar-refractivity contribution in [1.29, 1.82) is 0 Å². The number of likely N-dealkylation sites (N-methyl/N-ethyl adjacent to an activating group) is 1. The number of nitrogens with zero attached hydrogens (tertiary/aromatic N) is 2. The number of methoxy groups -OCH3 is 1. The summed E-state index contributed by atoms with van der Waals surface area (Å²) in [5.41, 5.74) is 1.08. The fraction of sp³-hybridized carbons (Fsp3) is 0.316. The highest BCUT2D eigenvalue weighted by molar-refractivity contribution is 7.92. The van der Waals surface area contributed by atoms with Gasteiger partial charge in [0.25, 0.3) is 0 Å². The smallest absolute Gasteiger partial charge is 0.246 e. The van der Waals surface area contributed by atoms with Gasteiger partial charge in [-0.25, -0.2) is 8.42 Å². The van der Waals surface area contributed by atoms with Gasteiger partial charge >= 0.3 is 0 Å². The van der Waals surface area contributed by atoms with Crippen molar-refractivity contribution in [2.24, 2.45) is 0 Å². The number of amides is 1. The molecule has 0 saturated carbocycles. The van der Waals surface area contributed by atoms with Gasteiger partial charge in [-0.05, 0) is 42.8 Å². The third-order valence-corrected chi connectivity index (χ3v) is 5.87. The molecule has 0 spiro atoms. The van der Waals surface area contributed by atoms with Crippen LogP contribution < -0.4 is 9.04 Å². The number of halogens is 2. The summed E-state index contributed by atoms with van der Waals surface area (Å²) in [6.45, 7) is 1.84. The molecule has 0 saturated heterocycles. The van der Waals surface area contributed by atoms with E-state index in [0.29, 0.717) is 22.3 Å². The second-order valence-electron chi connectivity index (χ2n) is 6.37. The monoisotopic (exact) mass is 444 g/mol. The lowest BCUT2D eigenvalue weighted by atomic mass is 10.2. The second-order valence-corrected chi connectivity index (χ2v) is 9.10. The number of carbonyl (C=O) groups is 1. The van der Waals surface area contributed by atoms with Crippen LogP contribution in [-0.4, -0.2) is 45.7 Å². The minimum atomic E-state index is -3.79. The number of carbonyl (C=O) groups excluding carboxylic acids is 1. The van der Waals surface area contributed by atoms with E-state index >= 15 is 0 Å². The van der Waals surface area contributed by atoms with E-state index in [1.165, 1.54) is 25.0 Å². The molecule has 9 heteroatoms. The maximum absolute atomic E-state index is 13.0. The Morgan fingerprint density at radius 2 is 1.68 bits per heavy atom. The molecular weight excluding hydrogens is 423 g/mol. The van der Waals surface area contributed by atoms with Gasteiger partial charge in [-0.15, -0.1) is 0 Å². The summed E-state index contributed by atoms with van der Waals surface area (Å²) in [4.78, 5) is 14.4. The Morgan fingerprint density at radius 3 is 2.21 bits per heavy atom. The zero-order valence-electron chi connectivity index (χ0n) is 16.0. The SMILES string of the molecule is COc1ccc(Cl)cc1N(C(C)C(=O)N(C)Cc1ccc(Cl)cc1)S(C)(=O)=O. The molecule has 152 valence electrons. The highest BCUT2D eigenvalue weighted by Gasteiger charge is 2.33. The van der Waals surface area contributed by atoms with Crippen molar-refractivity contribution in [3.8, 4) is 5.75 Å². The number of ether oxygens (including phenoxy) is 1. The van der Waals surface area contributed by atoms with E-state index in [9.17, 15) is 13.2 Å². The Labute approximate surface area is 175 Å². The number of hydrogen-bond acceptors (Lipinski definition) is 4. The Kier molecular flexibility index (Phi) is 7.20. The molecule has 1 atom stereocenters. The first-order valence-corrected chi connectivity index (χ1v) is 11.0. The normalized spacial score (nSPS) is 12.4. The highest BCUT2D eigenvalue weighted by Crippen LogP contribution is 2.34. The summed E-state index contributed by atoms with van der Waals surface area (Å²) >= 11 is 11.9. The first-order valence-electron chi connectivity index (χ1n) is 8.37. The van der Waals surface area contributed by atoms with Crippen molar-refractivity contribution >= 4 is 44.8 Å². The van der Waals surface area contributed by atoms with Gasteiger partial charge in [0, 0.05) is 23.6 Å². The summed E-state index contributed by atoms with van der Waals surface area (Å²) in [6, 6.07) is 10.7. The number of rotatable bonds is 7. The van der Waals surface area contributed by atoms with Gasteiger partial charge in [0.1, 0.15) is 11.8 Å². The molecule has 0 N–H and O–H groups in total. The molecule has 0 aliphatic carbocycles. The Balaban J connectivity index is 2.35. The maximum Gasteiger partial charge on any atom is 0.246 e. The third-order valence-electron chi connectivity index (χ3n) is 4.15. The van der Waals surface area contributed by atoms with E-state index in [-0.39, 0.29) is 11.6 Å². The Hall–Kier alpha value is -1.96. The third kappa shape index (κ3) is 5.31. The van der Waals surface area contributed by atoms with Crippen LogP contribution in [0.15, 0.2) is 42.5 Å². The molecule has 2 aromatic carbocycles. The minimum absolute atomic E-state index is 0.207. The molecule has 0 aromatic heterocycles. The molecule has 0 heterocycles. The lowest BCUT2D eigenvalue weighted by Crippen LogP contribution is -2.48. The number of benzene rings is 2. The van der Waals surface area contributed by atoms with Crippen molar-refractivity contribution < 1.29 is 17.9 Å². The van der Waals surface area contributed by atoms with Crippen LogP contribution >= 0.6 is 23.2 Å². The lowest BCUT2D eigenvalue weighted by molar-refractivity contribution is -0.131. The number of anilines is 1. The van der Waals surface area contributed by atoms with Gasteiger partial charge in [0.2, 0.25) is 15.9 Å². The predicted molar refractivity (Wildman–Crippen MR) is 113 cm³/mol. The van der Waals surface area contributed by atoms with E-state index in [1.807, 2.05) is 12.1 Å². The number of sulfonamides is 1. The first kappa shape index (κ1) is 22.3. The van der Waals surface area contributed by atoms with E-state index in [0.717, 1.165) is 16.1 Å². The van der Waals surface area contributed by atoms with Crippen LogP contribution in [0.4, 0.5) is 5.69 Å². The van der Waals surface area contributed by atoms with E-state index in [1.54, 1.807) is 31.3 Å². The minimum Gasteiger partial charge on any atom is -0.495 e. The lowest BCUT2D eigenvalue weighted by Gasteiger charge is -2.32. The molecule has 0 fully saturated rings. The molecule has 0 aliphatic heterocycles. The van der Waals surface area contributed by atoms with Gasteiger partial charge < -0.3 is 9.64 Å². The predicted octanol–water partition coefficient (Wildman–Crippen LogP) is 3.82. The molecule has 1 unspecified atom stereocenters. The summed E-state index contributed by atoms with van der Waals surface area (Å²) in [6.07, 6.45) is 1.04. The van der Waals surface area contributed by atoms with Gasteiger partial charge in [0.05, 0.1) is 19.1 Å². The zero-order valence-corrected chi connectivity index (χ0v) is 18.3. The van der Waals surface area contributed by atoms with E-state index in [2.05, 4.69) is 0 Å². The van der Waals surface area contributed by atoms with Gasteiger partial charge in [0.15, 0.2) is 0 Å². The zero-order chi connectivity index (χ0) is 21.1. The van der Waals surface area contributed by atoms with E-state index in [4.69, 9.17) is 27.9 Å². The van der Waals surface area contributed by atoms with Crippen molar-refractivity contribution in [3.05, 3.63) is 58.1 Å². The average Bonchev–Trinajstić information content (AvgIpc) is 2.62.